The molecule has 0 N–H and O–H groups in total. The Kier molecular flexibility index (Phi) is 12.2. The van der Waals surface area contributed by atoms with Crippen molar-refractivity contribution < 1.29 is 21.7 Å². The van der Waals surface area contributed by atoms with Crippen molar-refractivity contribution in [2.24, 2.45) is 0 Å². The van der Waals surface area contributed by atoms with E-state index < -0.39 is 0 Å². The van der Waals surface area contributed by atoms with Crippen molar-refractivity contribution in [3.63, 3.8) is 0 Å². The summed E-state index contributed by atoms with van der Waals surface area (Å²) >= 11 is 0. The number of hydrogen-bond donors (Lipinski definition) is 0. The molecule has 0 spiro atoms. The van der Waals surface area contributed by atoms with E-state index in [1.165, 1.54) is 0 Å². The molecule has 1 heterocycles. The molecule has 0 radical (unpaired) electrons. The van der Waals surface area contributed by atoms with Gasteiger partial charge in [0.15, 0.2) is 0 Å². The van der Waals surface area contributed by atoms with Gasteiger partial charge in [0.2, 0.25) is 0 Å². The van der Waals surface area contributed by atoms with Gasteiger partial charge in [0, 0.05) is 13.2 Å². The van der Waals surface area contributed by atoms with E-state index in [1.807, 2.05) is 0 Å². The average Bonchev–Trinajstić information content (AvgIpc) is 1.72. The molecular weight excluding hydrogens is 182 g/mol. The van der Waals surface area contributed by atoms with E-state index in [4.69, 9.17) is 4.74 Å². The molecule has 1 rings (SSSR count). The summed E-state index contributed by atoms with van der Waals surface area (Å²) in [7, 11) is 0. The second-order valence-electron chi connectivity index (χ2n) is 1.28. The molecular formula is C4H8BrMgNO. The Morgan fingerprint density at radius 1 is 1.12 bits per heavy atom. The van der Waals surface area contributed by atoms with Gasteiger partial charge in [-0.25, -0.2) is 0 Å². The molecule has 0 aromatic carbocycles. The van der Waals surface area contributed by atoms with Gasteiger partial charge in [0.25, 0.3) is 0 Å². The minimum Gasteiger partial charge on any atom is -1.00 e. The minimum atomic E-state index is 0. The van der Waals surface area contributed by atoms with Crippen LogP contribution in [0.2, 0.25) is 0 Å². The Morgan fingerprint density at radius 3 is 1.75 bits per heavy atom. The number of rotatable bonds is 0. The van der Waals surface area contributed by atoms with E-state index in [0.29, 0.717) is 0 Å². The van der Waals surface area contributed by atoms with Gasteiger partial charge in [-0.15, -0.1) is 13.1 Å². The van der Waals surface area contributed by atoms with Crippen LogP contribution in [0.4, 0.5) is 0 Å². The molecule has 0 bridgehead atoms. The first-order valence-corrected chi connectivity index (χ1v) is 2.21. The number of nitrogens with zero attached hydrogens (tertiary/aromatic N) is 1. The quantitative estimate of drug-likeness (QED) is 0.374. The van der Waals surface area contributed by atoms with E-state index in [0.717, 1.165) is 26.3 Å². The average molecular weight is 190 g/mol. The first-order valence-electron chi connectivity index (χ1n) is 2.21. The maximum Gasteiger partial charge on any atom is 2.00 e. The molecule has 0 unspecified atom stereocenters. The molecule has 0 saturated carbocycles. The molecule has 1 fully saturated rings. The summed E-state index contributed by atoms with van der Waals surface area (Å²) in [6.45, 7) is 3.47. The predicted octanol–water partition coefficient (Wildman–Crippen LogP) is -2.99. The largest absolute Gasteiger partial charge is 2.00 e. The van der Waals surface area contributed by atoms with Crippen molar-refractivity contribution in [3.05, 3.63) is 5.32 Å². The first-order chi connectivity index (χ1) is 3.00. The summed E-state index contributed by atoms with van der Waals surface area (Å²) in [4.78, 5) is 0. The molecule has 0 atom stereocenters. The molecule has 1 aliphatic heterocycles. The Labute approximate surface area is 76.3 Å². The molecule has 1 aliphatic rings. The summed E-state index contributed by atoms with van der Waals surface area (Å²) in [5, 5.41) is 4.05. The minimum absolute atomic E-state index is 0. The van der Waals surface area contributed by atoms with Crippen molar-refractivity contribution in [1.29, 1.82) is 0 Å². The van der Waals surface area contributed by atoms with Crippen molar-refractivity contribution in [3.8, 4) is 0 Å². The zero-order chi connectivity index (χ0) is 4.24. The fourth-order valence-corrected chi connectivity index (χ4v) is 0.472. The van der Waals surface area contributed by atoms with Crippen LogP contribution in [0.1, 0.15) is 0 Å². The van der Waals surface area contributed by atoms with E-state index >= 15 is 0 Å². The normalized spacial score (nSPS) is 18.0. The van der Waals surface area contributed by atoms with Crippen LogP contribution in [-0.4, -0.2) is 49.4 Å². The van der Waals surface area contributed by atoms with Crippen LogP contribution in [-0.2, 0) is 4.74 Å². The SMILES string of the molecule is C1COCC[N-]1.[Br-].[Mg+2]. The fraction of sp³-hybridized carbons (Fsp3) is 1.00. The second kappa shape index (κ2) is 8.17. The monoisotopic (exact) mass is 189 g/mol. The van der Waals surface area contributed by atoms with E-state index in [2.05, 4.69) is 5.32 Å². The number of morpholine rings is 1. The van der Waals surface area contributed by atoms with Crippen molar-refractivity contribution in [2.75, 3.05) is 26.3 Å². The predicted molar refractivity (Wildman–Crippen MR) is 29.7 cm³/mol. The first kappa shape index (κ1) is 11.9. The Bertz CT molecular complexity index is 31.5. The fourth-order valence-electron chi connectivity index (χ4n) is 0.472. The van der Waals surface area contributed by atoms with Gasteiger partial charge in [0.1, 0.15) is 0 Å². The third kappa shape index (κ3) is 5.31. The molecule has 8 heavy (non-hydrogen) atoms. The van der Waals surface area contributed by atoms with Crippen LogP contribution in [0.25, 0.3) is 5.32 Å². The summed E-state index contributed by atoms with van der Waals surface area (Å²) in [6, 6.07) is 0. The Hall–Kier alpha value is 1.17. The standard InChI is InChI=1S/C4H8NO.BrH.Mg/c1-3-6-4-2-5-1;;/h1-4H2;1H;/q-1;;+2/p-1. The molecule has 0 aromatic rings. The van der Waals surface area contributed by atoms with Crippen molar-refractivity contribution >= 4 is 23.1 Å². The third-order valence-electron chi connectivity index (χ3n) is 0.787. The zero-order valence-electron chi connectivity index (χ0n) is 4.77. The van der Waals surface area contributed by atoms with Gasteiger partial charge < -0.3 is 27.0 Å². The Morgan fingerprint density at radius 2 is 1.62 bits per heavy atom. The number of halogens is 1. The van der Waals surface area contributed by atoms with E-state index in [-0.39, 0.29) is 40.0 Å². The number of hydrogen-bond acceptors (Lipinski definition) is 1. The molecule has 44 valence electrons. The Balaban J connectivity index is 0. The van der Waals surface area contributed by atoms with Gasteiger partial charge in [-0.1, -0.05) is 0 Å². The summed E-state index contributed by atoms with van der Waals surface area (Å²) in [6.07, 6.45) is 0. The summed E-state index contributed by atoms with van der Waals surface area (Å²) < 4.78 is 4.98. The topological polar surface area (TPSA) is 23.3 Å². The van der Waals surface area contributed by atoms with Crippen LogP contribution >= 0.6 is 0 Å². The van der Waals surface area contributed by atoms with Gasteiger partial charge in [0.05, 0.1) is 0 Å². The van der Waals surface area contributed by atoms with Gasteiger partial charge >= 0.3 is 23.1 Å². The third-order valence-corrected chi connectivity index (χ3v) is 0.787. The van der Waals surface area contributed by atoms with Gasteiger partial charge in [-0.2, -0.15) is 0 Å². The van der Waals surface area contributed by atoms with E-state index in [1.54, 1.807) is 0 Å². The summed E-state index contributed by atoms with van der Waals surface area (Å²) in [5.74, 6) is 0. The molecule has 0 aromatic heterocycles. The maximum absolute atomic E-state index is 4.98. The van der Waals surface area contributed by atoms with Gasteiger partial charge in [-0.3, -0.25) is 0 Å². The van der Waals surface area contributed by atoms with Crippen molar-refractivity contribution in [1.82, 2.24) is 0 Å². The molecule has 1 saturated heterocycles. The zero-order valence-corrected chi connectivity index (χ0v) is 7.77. The maximum atomic E-state index is 4.98. The summed E-state index contributed by atoms with van der Waals surface area (Å²) in [5.41, 5.74) is 0. The van der Waals surface area contributed by atoms with Crippen LogP contribution in [0, 0.1) is 0 Å². The molecule has 0 amide bonds. The van der Waals surface area contributed by atoms with Crippen molar-refractivity contribution in [2.45, 2.75) is 0 Å². The van der Waals surface area contributed by atoms with Crippen LogP contribution in [0.3, 0.4) is 0 Å². The van der Waals surface area contributed by atoms with Crippen LogP contribution in [0.5, 0.6) is 0 Å². The van der Waals surface area contributed by atoms with Crippen LogP contribution in [0.15, 0.2) is 0 Å². The molecule has 2 nitrogen and oxygen atoms in total. The second-order valence-corrected chi connectivity index (χ2v) is 1.28. The van der Waals surface area contributed by atoms with Crippen LogP contribution < -0.4 is 17.0 Å². The smallest absolute Gasteiger partial charge is 1.00 e. The molecule has 0 aliphatic carbocycles. The molecule has 4 heteroatoms. The number of ether oxygens (including phenoxy) is 1. The van der Waals surface area contributed by atoms with Gasteiger partial charge in [-0.05, 0) is 0 Å². The van der Waals surface area contributed by atoms with E-state index in [9.17, 15) is 0 Å².